The van der Waals surface area contributed by atoms with E-state index in [1.54, 1.807) is 31.3 Å². The van der Waals surface area contributed by atoms with Crippen molar-refractivity contribution < 1.29 is 32.2 Å². The molecule has 33 heavy (non-hydrogen) atoms. The number of fused-ring (bicyclic) bond motifs is 1. The molecule has 1 aliphatic heterocycles. The van der Waals surface area contributed by atoms with Crippen LogP contribution in [-0.4, -0.2) is 31.5 Å². The van der Waals surface area contributed by atoms with Crippen molar-refractivity contribution in [3.8, 4) is 17.2 Å². The highest BCUT2D eigenvalue weighted by Gasteiger charge is 2.31. The van der Waals surface area contributed by atoms with E-state index in [0.29, 0.717) is 11.4 Å². The van der Waals surface area contributed by atoms with Crippen molar-refractivity contribution in [2.24, 2.45) is 0 Å². The minimum absolute atomic E-state index is 0.0193. The number of hydrogen-bond donors (Lipinski definition) is 1. The molecule has 170 valence electrons. The standard InChI is InChI=1S/C24H19F3N2O4/c1-29-20-10-2-3-11-21(20)32-14-19(23(29)31)28-22(30)15-6-4-8-17(12-15)33-18-9-5-7-16(13-18)24(25,26)27/h2-13,19H,14H2,1H3,(H,28,30). The number of amides is 2. The van der Waals surface area contributed by atoms with Crippen molar-refractivity contribution in [1.82, 2.24) is 5.32 Å². The molecule has 3 aromatic rings. The third-order valence-corrected chi connectivity index (χ3v) is 5.06. The highest BCUT2D eigenvalue weighted by atomic mass is 19.4. The van der Waals surface area contributed by atoms with Gasteiger partial charge in [0.2, 0.25) is 0 Å². The number of carbonyl (C=O) groups is 2. The van der Waals surface area contributed by atoms with E-state index in [-0.39, 0.29) is 29.6 Å². The molecule has 2 amide bonds. The second kappa shape index (κ2) is 8.85. The largest absolute Gasteiger partial charge is 0.489 e. The Hall–Kier alpha value is -4.01. The van der Waals surface area contributed by atoms with Crippen molar-refractivity contribution in [2.45, 2.75) is 12.2 Å². The van der Waals surface area contributed by atoms with Gasteiger partial charge < -0.3 is 19.7 Å². The van der Waals surface area contributed by atoms with Crippen LogP contribution in [0, 0.1) is 0 Å². The van der Waals surface area contributed by atoms with Gasteiger partial charge in [0.15, 0.2) is 0 Å². The molecule has 1 heterocycles. The minimum atomic E-state index is -4.50. The molecule has 1 aliphatic rings. The average Bonchev–Trinajstić information content (AvgIpc) is 2.91. The molecule has 0 bridgehead atoms. The lowest BCUT2D eigenvalue weighted by atomic mass is 10.1. The number of nitrogens with one attached hydrogen (secondary N) is 1. The number of anilines is 1. The SMILES string of the molecule is CN1C(=O)C(NC(=O)c2cccc(Oc3cccc(C(F)(F)F)c3)c2)COc2ccccc21. The number of benzene rings is 3. The second-order valence-corrected chi connectivity index (χ2v) is 7.36. The molecule has 9 heteroatoms. The van der Waals surface area contributed by atoms with Crippen LogP contribution in [0.2, 0.25) is 0 Å². The number of halogens is 3. The number of likely N-dealkylation sites (N-methyl/N-ethyl adjacent to an activating group) is 1. The van der Waals surface area contributed by atoms with Crippen LogP contribution in [-0.2, 0) is 11.0 Å². The minimum Gasteiger partial charge on any atom is -0.489 e. The molecule has 1 N–H and O–H groups in total. The number of rotatable bonds is 4. The summed E-state index contributed by atoms with van der Waals surface area (Å²) in [6, 6.07) is 16.5. The first-order chi connectivity index (χ1) is 15.7. The van der Waals surface area contributed by atoms with Crippen molar-refractivity contribution >= 4 is 17.5 Å². The van der Waals surface area contributed by atoms with Crippen molar-refractivity contribution in [3.05, 3.63) is 83.9 Å². The summed E-state index contributed by atoms with van der Waals surface area (Å²) in [6.45, 7) is -0.0493. The molecular formula is C24H19F3N2O4. The van der Waals surface area contributed by atoms with Crippen LogP contribution in [0.5, 0.6) is 17.2 Å². The van der Waals surface area contributed by atoms with E-state index < -0.39 is 23.7 Å². The zero-order valence-corrected chi connectivity index (χ0v) is 17.4. The molecule has 0 fully saturated rings. The summed E-state index contributed by atoms with van der Waals surface area (Å²) in [5.41, 5.74) is -0.0710. The van der Waals surface area contributed by atoms with Gasteiger partial charge in [-0.05, 0) is 48.5 Å². The van der Waals surface area contributed by atoms with Gasteiger partial charge in [0.05, 0.1) is 11.3 Å². The van der Waals surface area contributed by atoms with Gasteiger partial charge >= 0.3 is 6.18 Å². The zero-order chi connectivity index (χ0) is 23.6. The maximum absolute atomic E-state index is 12.9. The Morgan fingerprint density at radius 3 is 2.48 bits per heavy atom. The second-order valence-electron chi connectivity index (χ2n) is 7.36. The molecule has 0 aliphatic carbocycles. The third-order valence-electron chi connectivity index (χ3n) is 5.06. The highest BCUT2D eigenvalue weighted by Crippen LogP contribution is 2.33. The fourth-order valence-corrected chi connectivity index (χ4v) is 3.37. The van der Waals surface area contributed by atoms with Gasteiger partial charge in [-0.25, -0.2) is 0 Å². The lowest BCUT2D eigenvalue weighted by Gasteiger charge is -2.20. The van der Waals surface area contributed by atoms with Gasteiger partial charge in [-0.15, -0.1) is 0 Å². The topological polar surface area (TPSA) is 67.9 Å². The van der Waals surface area contributed by atoms with Crippen LogP contribution in [0.15, 0.2) is 72.8 Å². The maximum atomic E-state index is 12.9. The lowest BCUT2D eigenvalue weighted by Crippen LogP contribution is -2.49. The van der Waals surface area contributed by atoms with Crippen molar-refractivity contribution in [1.29, 1.82) is 0 Å². The van der Waals surface area contributed by atoms with Gasteiger partial charge in [0, 0.05) is 12.6 Å². The van der Waals surface area contributed by atoms with Gasteiger partial charge in [-0.2, -0.15) is 13.2 Å². The van der Waals surface area contributed by atoms with E-state index >= 15 is 0 Å². The smallest absolute Gasteiger partial charge is 0.416 e. The van der Waals surface area contributed by atoms with E-state index in [9.17, 15) is 22.8 Å². The monoisotopic (exact) mass is 456 g/mol. The normalized spacial score (nSPS) is 15.8. The van der Waals surface area contributed by atoms with E-state index in [4.69, 9.17) is 9.47 Å². The summed E-state index contributed by atoms with van der Waals surface area (Å²) in [5.74, 6) is -0.207. The average molecular weight is 456 g/mol. The summed E-state index contributed by atoms with van der Waals surface area (Å²) >= 11 is 0. The van der Waals surface area contributed by atoms with Crippen molar-refractivity contribution in [2.75, 3.05) is 18.6 Å². The number of ether oxygens (including phenoxy) is 2. The molecule has 0 spiro atoms. The van der Waals surface area contributed by atoms with E-state index in [0.717, 1.165) is 12.1 Å². The molecular weight excluding hydrogens is 437 g/mol. The summed E-state index contributed by atoms with van der Waals surface area (Å²) < 4.78 is 50.0. The molecule has 0 saturated heterocycles. The van der Waals surface area contributed by atoms with Crippen molar-refractivity contribution in [3.63, 3.8) is 0 Å². The number of nitrogens with zero attached hydrogens (tertiary/aromatic N) is 1. The predicted octanol–water partition coefficient (Wildman–Crippen LogP) is 4.65. The first-order valence-electron chi connectivity index (χ1n) is 9.98. The Labute approximate surface area is 187 Å². The summed E-state index contributed by atoms with van der Waals surface area (Å²) in [5, 5.41) is 2.65. The zero-order valence-electron chi connectivity index (χ0n) is 17.4. The number of para-hydroxylation sites is 2. The Balaban J connectivity index is 1.48. The highest BCUT2D eigenvalue weighted by molar-refractivity contribution is 6.03. The predicted molar refractivity (Wildman–Crippen MR) is 115 cm³/mol. The van der Waals surface area contributed by atoms with E-state index in [2.05, 4.69) is 5.32 Å². The summed E-state index contributed by atoms with van der Waals surface area (Å²) in [7, 11) is 1.60. The molecule has 0 saturated carbocycles. The summed E-state index contributed by atoms with van der Waals surface area (Å²) in [6.07, 6.45) is -4.50. The lowest BCUT2D eigenvalue weighted by molar-refractivity contribution is -0.137. The molecule has 0 radical (unpaired) electrons. The van der Waals surface area contributed by atoms with Gasteiger partial charge in [-0.1, -0.05) is 24.3 Å². The first-order valence-corrected chi connectivity index (χ1v) is 9.98. The van der Waals surface area contributed by atoms with Crippen LogP contribution in [0.1, 0.15) is 15.9 Å². The summed E-state index contributed by atoms with van der Waals surface area (Å²) in [4.78, 5) is 27.0. The van der Waals surface area contributed by atoms with Gasteiger partial charge in [0.1, 0.15) is 29.9 Å². The molecule has 4 rings (SSSR count). The Kier molecular flexibility index (Phi) is 5.95. The Morgan fingerprint density at radius 1 is 1.03 bits per heavy atom. The molecule has 6 nitrogen and oxygen atoms in total. The Bertz CT molecular complexity index is 1200. The molecule has 0 aromatic heterocycles. The quantitative estimate of drug-likeness (QED) is 0.621. The number of hydrogen-bond acceptors (Lipinski definition) is 4. The van der Waals surface area contributed by atoms with E-state index in [1.807, 2.05) is 0 Å². The number of carbonyl (C=O) groups excluding carboxylic acids is 2. The first kappa shape index (κ1) is 22.2. The number of alkyl halides is 3. The molecule has 1 unspecified atom stereocenters. The van der Waals surface area contributed by atoms with Crippen LogP contribution in [0.4, 0.5) is 18.9 Å². The Morgan fingerprint density at radius 2 is 1.73 bits per heavy atom. The fourth-order valence-electron chi connectivity index (χ4n) is 3.37. The van der Waals surface area contributed by atoms with E-state index in [1.165, 1.54) is 41.3 Å². The van der Waals surface area contributed by atoms with Crippen LogP contribution < -0.4 is 19.7 Å². The van der Waals surface area contributed by atoms with Crippen LogP contribution in [0.25, 0.3) is 0 Å². The fraction of sp³-hybridized carbons (Fsp3) is 0.167. The van der Waals surface area contributed by atoms with Gasteiger partial charge in [-0.3, -0.25) is 9.59 Å². The van der Waals surface area contributed by atoms with Crippen LogP contribution >= 0.6 is 0 Å². The van der Waals surface area contributed by atoms with Crippen LogP contribution in [0.3, 0.4) is 0 Å². The van der Waals surface area contributed by atoms with Gasteiger partial charge in [0.25, 0.3) is 11.8 Å². The molecule has 3 aromatic carbocycles. The third kappa shape index (κ3) is 4.92. The maximum Gasteiger partial charge on any atom is 0.416 e. The molecule has 1 atom stereocenters.